The van der Waals surface area contributed by atoms with E-state index >= 15 is 0 Å². The first-order valence-electron chi connectivity index (χ1n) is 10.4. The van der Waals surface area contributed by atoms with Gasteiger partial charge in [-0.3, -0.25) is 9.80 Å². The van der Waals surface area contributed by atoms with Gasteiger partial charge in [-0.1, -0.05) is 52.0 Å². The van der Waals surface area contributed by atoms with Crippen LogP contribution in [0.25, 0.3) is 11.1 Å². The molecule has 2 aromatic rings. The molecule has 0 atom stereocenters. The molecule has 0 radical (unpaired) electrons. The van der Waals surface area contributed by atoms with Crippen LogP contribution >= 0.6 is 0 Å². The smallest absolute Gasteiger partial charge is 0.127 e. The van der Waals surface area contributed by atoms with Crippen molar-refractivity contribution in [3.8, 4) is 22.6 Å². The minimum absolute atomic E-state index is 0.891. The topological polar surface area (TPSA) is 24.9 Å². The lowest BCUT2D eigenvalue weighted by molar-refractivity contribution is 0.294. The fourth-order valence-corrected chi connectivity index (χ4v) is 3.70. The van der Waals surface area contributed by atoms with Gasteiger partial charge < -0.3 is 9.47 Å². The number of rotatable bonds is 11. The maximum Gasteiger partial charge on any atom is 0.127 e. The average Bonchev–Trinajstić information content (AvgIpc) is 2.75. The van der Waals surface area contributed by atoms with E-state index in [4.69, 9.17) is 9.47 Å². The van der Waals surface area contributed by atoms with Crippen molar-refractivity contribution in [3.63, 3.8) is 0 Å². The Bertz CT molecular complexity index is 674. The molecule has 0 amide bonds. The van der Waals surface area contributed by atoms with Crippen LogP contribution < -0.4 is 9.47 Å². The zero-order chi connectivity index (χ0) is 20.5. The van der Waals surface area contributed by atoms with Crippen molar-refractivity contribution in [2.24, 2.45) is 0 Å². The Morgan fingerprint density at radius 3 is 1.25 bits per heavy atom. The molecule has 2 aromatic carbocycles. The highest BCUT2D eigenvalue weighted by molar-refractivity contribution is 5.81. The highest BCUT2D eigenvalue weighted by atomic mass is 16.5. The minimum Gasteiger partial charge on any atom is -0.496 e. The van der Waals surface area contributed by atoms with Crippen molar-refractivity contribution in [1.29, 1.82) is 0 Å². The Hall–Kier alpha value is -2.04. The Labute approximate surface area is 171 Å². The van der Waals surface area contributed by atoms with Gasteiger partial charge in [0.25, 0.3) is 0 Å². The van der Waals surface area contributed by atoms with Gasteiger partial charge in [0.15, 0.2) is 0 Å². The molecule has 0 spiro atoms. The molecule has 28 heavy (non-hydrogen) atoms. The van der Waals surface area contributed by atoms with Crippen molar-refractivity contribution < 1.29 is 9.47 Å². The Morgan fingerprint density at radius 2 is 0.964 bits per heavy atom. The molecule has 2 rings (SSSR count). The van der Waals surface area contributed by atoms with E-state index in [1.165, 1.54) is 11.1 Å². The standard InChI is InChI=1S/C24H36N2O2/c1-7-25(8-2)17-19-13-11-15-21(27-5)23(19)24-20(18-26(9-3)10-4)14-12-16-22(24)28-6/h11-16H,7-10,17-18H2,1-6H3. The van der Waals surface area contributed by atoms with Gasteiger partial charge in [0, 0.05) is 24.2 Å². The molecule has 0 aliphatic carbocycles. The largest absolute Gasteiger partial charge is 0.496 e. The maximum absolute atomic E-state index is 5.81. The maximum atomic E-state index is 5.81. The van der Waals surface area contributed by atoms with Crippen LogP contribution in [0.5, 0.6) is 11.5 Å². The predicted molar refractivity (Wildman–Crippen MR) is 118 cm³/mol. The van der Waals surface area contributed by atoms with Crippen LogP contribution in [0.15, 0.2) is 36.4 Å². The molecule has 4 nitrogen and oxygen atoms in total. The summed E-state index contributed by atoms with van der Waals surface area (Å²) in [6.45, 7) is 14.7. The van der Waals surface area contributed by atoms with Crippen LogP contribution in [0.1, 0.15) is 38.8 Å². The lowest BCUT2D eigenvalue weighted by atomic mass is 9.92. The van der Waals surface area contributed by atoms with E-state index in [9.17, 15) is 0 Å². The van der Waals surface area contributed by atoms with Gasteiger partial charge >= 0.3 is 0 Å². The third-order valence-corrected chi connectivity index (χ3v) is 5.49. The molecule has 0 saturated heterocycles. The van der Waals surface area contributed by atoms with E-state index in [2.05, 4.69) is 73.9 Å². The molecule has 0 heterocycles. The number of hydrogen-bond donors (Lipinski definition) is 0. The SMILES string of the molecule is CCN(CC)Cc1cccc(OC)c1-c1c(CN(CC)CC)cccc1OC. The number of hydrogen-bond acceptors (Lipinski definition) is 4. The second-order valence-electron chi connectivity index (χ2n) is 6.91. The summed E-state index contributed by atoms with van der Waals surface area (Å²) in [7, 11) is 3.50. The summed E-state index contributed by atoms with van der Waals surface area (Å²) in [5.41, 5.74) is 4.84. The summed E-state index contributed by atoms with van der Waals surface area (Å²) in [5, 5.41) is 0. The van der Waals surface area contributed by atoms with Gasteiger partial charge in [-0.2, -0.15) is 0 Å². The molecule has 154 valence electrons. The summed E-state index contributed by atoms with van der Waals surface area (Å²) in [6.07, 6.45) is 0. The molecule has 0 N–H and O–H groups in total. The lowest BCUT2D eigenvalue weighted by Gasteiger charge is -2.25. The van der Waals surface area contributed by atoms with Crippen LogP contribution in [0, 0.1) is 0 Å². The molecular weight excluding hydrogens is 348 g/mol. The van der Waals surface area contributed by atoms with Crippen LogP contribution in [0.3, 0.4) is 0 Å². The van der Waals surface area contributed by atoms with E-state index < -0.39 is 0 Å². The van der Waals surface area contributed by atoms with Crippen molar-refractivity contribution in [2.75, 3.05) is 40.4 Å². The summed E-state index contributed by atoms with van der Waals surface area (Å²) in [6, 6.07) is 12.7. The average molecular weight is 385 g/mol. The van der Waals surface area contributed by atoms with E-state index in [0.29, 0.717) is 0 Å². The fourth-order valence-electron chi connectivity index (χ4n) is 3.70. The third kappa shape index (κ3) is 5.06. The predicted octanol–water partition coefficient (Wildman–Crippen LogP) is 5.05. The molecule has 0 aliphatic rings. The first-order valence-corrected chi connectivity index (χ1v) is 10.4. The van der Waals surface area contributed by atoms with Crippen molar-refractivity contribution in [2.45, 2.75) is 40.8 Å². The van der Waals surface area contributed by atoms with Crippen molar-refractivity contribution >= 4 is 0 Å². The molecular formula is C24H36N2O2. The Balaban J connectivity index is 2.68. The summed E-state index contributed by atoms with van der Waals surface area (Å²) >= 11 is 0. The highest BCUT2D eigenvalue weighted by Crippen LogP contribution is 2.42. The van der Waals surface area contributed by atoms with Crippen molar-refractivity contribution in [1.82, 2.24) is 9.80 Å². The summed E-state index contributed by atoms with van der Waals surface area (Å²) in [5.74, 6) is 1.80. The molecule has 4 heteroatoms. The quantitative estimate of drug-likeness (QED) is 0.541. The van der Waals surface area contributed by atoms with E-state index in [1.54, 1.807) is 14.2 Å². The zero-order valence-corrected chi connectivity index (χ0v) is 18.4. The van der Waals surface area contributed by atoms with Crippen LogP contribution in [0.4, 0.5) is 0 Å². The normalized spacial score (nSPS) is 11.3. The van der Waals surface area contributed by atoms with Crippen LogP contribution in [0.2, 0.25) is 0 Å². The van der Waals surface area contributed by atoms with E-state index in [0.717, 1.165) is 61.9 Å². The molecule has 0 aromatic heterocycles. The zero-order valence-electron chi connectivity index (χ0n) is 18.4. The van der Waals surface area contributed by atoms with Gasteiger partial charge in [-0.25, -0.2) is 0 Å². The van der Waals surface area contributed by atoms with Gasteiger partial charge in [0.05, 0.1) is 14.2 Å². The molecule has 0 aliphatic heterocycles. The second-order valence-corrected chi connectivity index (χ2v) is 6.91. The van der Waals surface area contributed by atoms with E-state index in [1.807, 2.05) is 0 Å². The molecule has 0 saturated carbocycles. The van der Waals surface area contributed by atoms with Crippen molar-refractivity contribution in [3.05, 3.63) is 47.5 Å². The monoisotopic (exact) mass is 384 g/mol. The summed E-state index contributed by atoms with van der Waals surface area (Å²) in [4.78, 5) is 4.86. The molecule has 0 unspecified atom stereocenters. The molecule has 0 bridgehead atoms. The fraction of sp³-hybridized carbons (Fsp3) is 0.500. The van der Waals surface area contributed by atoms with Gasteiger partial charge in [0.2, 0.25) is 0 Å². The Kier molecular flexibility index (Phi) is 8.81. The Morgan fingerprint density at radius 1 is 0.607 bits per heavy atom. The number of ether oxygens (including phenoxy) is 2. The summed E-state index contributed by atoms with van der Waals surface area (Å²) < 4.78 is 11.6. The van der Waals surface area contributed by atoms with Crippen LogP contribution in [-0.2, 0) is 13.1 Å². The van der Waals surface area contributed by atoms with Gasteiger partial charge in [-0.15, -0.1) is 0 Å². The molecule has 0 fully saturated rings. The second kappa shape index (κ2) is 11.1. The van der Waals surface area contributed by atoms with Crippen LogP contribution in [-0.4, -0.2) is 50.2 Å². The number of methoxy groups -OCH3 is 2. The minimum atomic E-state index is 0.891. The van der Waals surface area contributed by atoms with Gasteiger partial charge in [0.1, 0.15) is 11.5 Å². The third-order valence-electron chi connectivity index (χ3n) is 5.49. The highest BCUT2D eigenvalue weighted by Gasteiger charge is 2.21. The first-order chi connectivity index (χ1) is 13.6. The first kappa shape index (κ1) is 22.3. The number of nitrogens with zero attached hydrogens (tertiary/aromatic N) is 2. The van der Waals surface area contributed by atoms with Gasteiger partial charge in [-0.05, 0) is 49.4 Å². The van der Waals surface area contributed by atoms with E-state index in [-0.39, 0.29) is 0 Å². The lowest BCUT2D eigenvalue weighted by Crippen LogP contribution is -2.23. The number of benzene rings is 2.